The van der Waals surface area contributed by atoms with E-state index in [4.69, 9.17) is 16.3 Å². The van der Waals surface area contributed by atoms with Gasteiger partial charge < -0.3 is 10.1 Å². The number of rotatable bonds is 8. The van der Waals surface area contributed by atoms with Crippen molar-refractivity contribution in [3.8, 4) is 0 Å². The molecule has 1 amide bonds. The van der Waals surface area contributed by atoms with Gasteiger partial charge in [0.15, 0.2) is 0 Å². The molecule has 0 unspecified atom stereocenters. The fourth-order valence-corrected chi connectivity index (χ4v) is 2.66. The van der Waals surface area contributed by atoms with Gasteiger partial charge in [0.05, 0.1) is 23.5 Å². The van der Waals surface area contributed by atoms with E-state index in [1.807, 2.05) is 0 Å². The maximum Gasteiger partial charge on any atom is 0.239 e. The van der Waals surface area contributed by atoms with Crippen LogP contribution in [-0.4, -0.2) is 51.7 Å². The third-order valence-electron chi connectivity index (χ3n) is 2.69. The minimum Gasteiger partial charge on any atom is -0.385 e. The average molecular weight is 335 g/mol. The Morgan fingerprint density at radius 3 is 2.62 bits per heavy atom. The molecule has 1 N–H and O–H groups in total. The average Bonchev–Trinajstić information content (AvgIpc) is 2.39. The van der Waals surface area contributed by atoms with Crippen LogP contribution in [0.5, 0.6) is 0 Å². The van der Waals surface area contributed by atoms with E-state index in [1.54, 1.807) is 24.3 Å². The van der Waals surface area contributed by atoms with Gasteiger partial charge in [0.1, 0.15) is 0 Å². The summed E-state index contributed by atoms with van der Waals surface area (Å²) in [6, 6.07) is 6.76. The number of anilines is 1. The van der Waals surface area contributed by atoms with Crippen LogP contribution in [0.2, 0.25) is 5.02 Å². The first kappa shape index (κ1) is 17.9. The second-order valence-corrected chi connectivity index (χ2v) is 6.86. The summed E-state index contributed by atoms with van der Waals surface area (Å²) in [5, 5.41) is 2.99. The lowest BCUT2D eigenvalue weighted by Crippen LogP contribution is -2.38. The maximum atomic E-state index is 11.9. The normalized spacial score (nSPS) is 11.6. The molecule has 0 atom stereocenters. The molecular formula is C13H19ClN2O4S. The molecule has 0 fully saturated rings. The van der Waals surface area contributed by atoms with Gasteiger partial charge in [0.25, 0.3) is 0 Å². The minimum atomic E-state index is -3.46. The molecule has 0 heterocycles. The summed E-state index contributed by atoms with van der Waals surface area (Å²) in [6.07, 6.45) is 1.59. The summed E-state index contributed by atoms with van der Waals surface area (Å²) in [6.45, 7) is 0.397. The number of sulfonamides is 1. The molecule has 0 saturated carbocycles. The van der Waals surface area contributed by atoms with Gasteiger partial charge in [-0.1, -0.05) is 23.7 Å². The lowest BCUT2D eigenvalue weighted by molar-refractivity contribution is -0.116. The Balaban J connectivity index is 2.66. The largest absolute Gasteiger partial charge is 0.385 e. The Labute approximate surface area is 130 Å². The molecule has 0 aliphatic rings. The highest BCUT2D eigenvalue weighted by molar-refractivity contribution is 7.88. The number of carbonyl (C=O) groups excluding carboxylic acids is 1. The third-order valence-corrected chi connectivity index (χ3v) is 4.27. The van der Waals surface area contributed by atoms with Crippen LogP contribution in [0.4, 0.5) is 5.69 Å². The van der Waals surface area contributed by atoms with Crippen molar-refractivity contribution in [3.05, 3.63) is 29.3 Å². The smallest absolute Gasteiger partial charge is 0.239 e. The number of methoxy groups -OCH3 is 1. The van der Waals surface area contributed by atoms with Crippen LogP contribution >= 0.6 is 11.6 Å². The SMILES string of the molecule is COCCCN(CC(=O)Nc1ccccc1Cl)S(C)(=O)=O. The Hall–Kier alpha value is -1.15. The topological polar surface area (TPSA) is 75.7 Å². The van der Waals surface area contributed by atoms with Crippen LogP contribution in [-0.2, 0) is 19.6 Å². The number of hydrogen-bond acceptors (Lipinski definition) is 4. The summed E-state index contributed by atoms with van der Waals surface area (Å²) in [7, 11) is -1.92. The van der Waals surface area contributed by atoms with E-state index in [9.17, 15) is 13.2 Å². The molecule has 8 heteroatoms. The third kappa shape index (κ3) is 6.43. The van der Waals surface area contributed by atoms with Gasteiger partial charge in [0.2, 0.25) is 15.9 Å². The lowest BCUT2D eigenvalue weighted by atomic mass is 10.3. The minimum absolute atomic E-state index is 0.225. The monoisotopic (exact) mass is 334 g/mol. The van der Waals surface area contributed by atoms with Crippen molar-refractivity contribution in [1.29, 1.82) is 0 Å². The first-order valence-corrected chi connectivity index (χ1v) is 8.55. The molecule has 0 aliphatic heterocycles. The highest BCUT2D eigenvalue weighted by Gasteiger charge is 2.20. The first-order valence-electron chi connectivity index (χ1n) is 6.33. The molecule has 0 aliphatic carbocycles. The Kier molecular flexibility index (Phi) is 7.10. The number of ether oxygens (including phenoxy) is 1. The van der Waals surface area contributed by atoms with Crippen molar-refractivity contribution in [1.82, 2.24) is 4.31 Å². The van der Waals surface area contributed by atoms with Crippen LogP contribution in [0.25, 0.3) is 0 Å². The molecule has 1 aromatic rings. The van der Waals surface area contributed by atoms with Crippen LogP contribution < -0.4 is 5.32 Å². The molecule has 0 radical (unpaired) electrons. The number of hydrogen-bond donors (Lipinski definition) is 1. The Morgan fingerprint density at radius 2 is 2.05 bits per heavy atom. The number of para-hydroxylation sites is 1. The second kappa shape index (κ2) is 8.33. The highest BCUT2D eigenvalue weighted by Crippen LogP contribution is 2.20. The van der Waals surface area contributed by atoms with Crippen molar-refractivity contribution in [3.63, 3.8) is 0 Å². The Bertz CT molecular complexity index is 577. The Morgan fingerprint density at radius 1 is 1.38 bits per heavy atom. The standard InChI is InChI=1S/C13H19ClN2O4S/c1-20-9-5-8-16(21(2,18)19)10-13(17)15-12-7-4-3-6-11(12)14/h3-4,6-7H,5,8-10H2,1-2H3,(H,15,17). The number of nitrogens with one attached hydrogen (secondary N) is 1. The van der Waals surface area contributed by atoms with E-state index >= 15 is 0 Å². The zero-order valence-corrected chi connectivity index (χ0v) is 13.6. The van der Waals surface area contributed by atoms with Gasteiger partial charge in [0, 0.05) is 20.3 Å². The van der Waals surface area contributed by atoms with Crippen molar-refractivity contribution < 1.29 is 17.9 Å². The summed E-state index contributed by atoms with van der Waals surface area (Å²) in [5.41, 5.74) is 0.453. The number of halogens is 1. The molecule has 0 aromatic heterocycles. The fourth-order valence-electron chi connectivity index (χ4n) is 1.66. The van der Waals surface area contributed by atoms with E-state index in [0.717, 1.165) is 10.6 Å². The number of amides is 1. The quantitative estimate of drug-likeness (QED) is 0.732. The maximum absolute atomic E-state index is 11.9. The van der Waals surface area contributed by atoms with E-state index < -0.39 is 15.9 Å². The molecule has 0 bridgehead atoms. The van der Waals surface area contributed by atoms with Gasteiger partial charge >= 0.3 is 0 Å². The highest BCUT2D eigenvalue weighted by atomic mass is 35.5. The molecule has 6 nitrogen and oxygen atoms in total. The predicted molar refractivity (Wildman–Crippen MR) is 83.0 cm³/mol. The van der Waals surface area contributed by atoms with E-state index in [1.165, 1.54) is 7.11 Å². The fraction of sp³-hybridized carbons (Fsp3) is 0.462. The lowest BCUT2D eigenvalue weighted by Gasteiger charge is -2.19. The summed E-state index contributed by atoms with van der Waals surface area (Å²) in [4.78, 5) is 11.9. The zero-order chi connectivity index (χ0) is 15.9. The van der Waals surface area contributed by atoms with Crippen molar-refractivity contribution >= 4 is 33.2 Å². The molecule has 0 spiro atoms. The molecule has 118 valence electrons. The number of benzene rings is 1. The number of nitrogens with zero attached hydrogens (tertiary/aromatic N) is 1. The number of carbonyl (C=O) groups is 1. The van der Waals surface area contributed by atoms with Gasteiger partial charge in [-0.05, 0) is 18.6 Å². The zero-order valence-electron chi connectivity index (χ0n) is 12.0. The molecule has 0 saturated heterocycles. The van der Waals surface area contributed by atoms with Crippen molar-refractivity contribution in [2.75, 3.05) is 38.4 Å². The van der Waals surface area contributed by atoms with Gasteiger partial charge in [-0.2, -0.15) is 4.31 Å². The van der Waals surface area contributed by atoms with Gasteiger partial charge in [-0.25, -0.2) is 8.42 Å². The molecule has 1 aromatic carbocycles. The van der Waals surface area contributed by atoms with E-state index in [2.05, 4.69) is 5.32 Å². The molecule has 21 heavy (non-hydrogen) atoms. The van der Waals surface area contributed by atoms with Crippen LogP contribution in [0.3, 0.4) is 0 Å². The van der Waals surface area contributed by atoms with Crippen LogP contribution in [0.1, 0.15) is 6.42 Å². The molecular weight excluding hydrogens is 316 g/mol. The molecule has 1 rings (SSSR count). The van der Waals surface area contributed by atoms with Crippen LogP contribution in [0, 0.1) is 0 Å². The summed E-state index contributed by atoms with van der Waals surface area (Å²) >= 11 is 5.93. The van der Waals surface area contributed by atoms with Crippen molar-refractivity contribution in [2.24, 2.45) is 0 Å². The van der Waals surface area contributed by atoms with Crippen LogP contribution in [0.15, 0.2) is 24.3 Å². The first-order chi connectivity index (χ1) is 9.84. The van der Waals surface area contributed by atoms with Gasteiger partial charge in [-0.3, -0.25) is 4.79 Å². The summed E-state index contributed by atoms with van der Waals surface area (Å²) < 4.78 is 29.3. The summed E-state index contributed by atoms with van der Waals surface area (Å²) in [5.74, 6) is -0.439. The van der Waals surface area contributed by atoms with Crippen molar-refractivity contribution in [2.45, 2.75) is 6.42 Å². The van der Waals surface area contributed by atoms with Gasteiger partial charge in [-0.15, -0.1) is 0 Å². The van der Waals surface area contributed by atoms with E-state index in [0.29, 0.717) is 23.7 Å². The predicted octanol–water partition coefficient (Wildman–Crippen LogP) is 1.58. The van der Waals surface area contributed by atoms with E-state index in [-0.39, 0.29) is 13.1 Å². The second-order valence-electron chi connectivity index (χ2n) is 4.47.